The summed E-state index contributed by atoms with van der Waals surface area (Å²) in [5.41, 5.74) is 2.69. The quantitative estimate of drug-likeness (QED) is 0.904. The van der Waals surface area contributed by atoms with E-state index in [1.165, 1.54) is 12.1 Å². The summed E-state index contributed by atoms with van der Waals surface area (Å²) in [6.07, 6.45) is 0. The second kappa shape index (κ2) is 4.64. The molecule has 1 N–H and O–H groups in total. The van der Waals surface area contributed by atoms with E-state index in [1.54, 1.807) is 22.8 Å². The van der Waals surface area contributed by atoms with Crippen molar-refractivity contribution >= 4 is 5.97 Å². The standard InChI is InChI=1S/C14H14FNO2/c1-3-16-12(6-7-13(16)14(17)18)11-5-4-10(15)8-9(11)2/h4-8H,3H2,1-2H3,(H,17,18). The fraction of sp³-hybridized carbons (Fsp3) is 0.214. The van der Waals surface area contributed by atoms with Crippen LogP contribution in [-0.2, 0) is 6.54 Å². The third kappa shape index (κ3) is 2.01. The summed E-state index contributed by atoms with van der Waals surface area (Å²) in [5.74, 6) is -1.24. The number of carbonyl (C=O) groups is 1. The van der Waals surface area contributed by atoms with Crippen LogP contribution in [0.5, 0.6) is 0 Å². The summed E-state index contributed by atoms with van der Waals surface area (Å²) in [7, 11) is 0. The van der Waals surface area contributed by atoms with Gasteiger partial charge in [-0.2, -0.15) is 0 Å². The lowest BCUT2D eigenvalue weighted by Crippen LogP contribution is -2.08. The van der Waals surface area contributed by atoms with E-state index in [0.29, 0.717) is 6.54 Å². The number of nitrogens with zero attached hydrogens (tertiary/aromatic N) is 1. The number of aromatic carboxylic acids is 1. The first-order chi connectivity index (χ1) is 8.54. The Bertz CT molecular complexity index is 602. The number of benzene rings is 1. The molecule has 0 spiro atoms. The minimum atomic E-state index is -0.956. The molecule has 0 radical (unpaired) electrons. The van der Waals surface area contributed by atoms with Crippen molar-refractivity contribution in [1.29, 1.82) is 0 Å². The van der Waals surface area contributed by atoms with Gasteiger partial charge >= 0.3 is 5.97 Å². The summed E-state index contributed by atoms with van der Waals surface area (Å²) >= 11 is 0. The molecule has 18 heavy (non-hydrogen) atoms. The van der Waals surface area contributed by atoms with E-state index >= 15 is 0 Å². The largest absolute Gasteiger partial charge is 0.477 e. The van der Waals surface area contributed by atoms with E-state index in [1.807, 2.05) is 13.8 Å². The number of aryl methyl sites for hydroxylation is 1. The van der Waals surface area contributed by atoms with Crippen molar-refractivity contribution in [3.63, 3.8) is 0 Å². The molecule has 94 valence electrons. The van der Waals surface area contributed by atoms with Crippen LogP contribution in [0, 0.1) is 12.7 Å². The fourth-order valence-corrected chi connectivity index (χ4v) is 2.14. The average Bonchev–Trinajstić information content (AvgIpc) is 2.72. The highest BCUT2D eigenvalue weighted by molar-refractivity contribution is 5.87. The Morgan fingerprint density at radius 2 is 2.06 bits per heavy atom. The molecule has 2 aromatic rings. The molecule has 0 fully saturated rings. The van der Waals surface area contributed by atoms with Crippen LogP contribution < -0.4 is 0 Å². The van der Waals surface area contributed by atoms with Gasteiger partial charge < -0.3 is 9.67 Å². The van der Waals surface area contributed by atoms with Gasteiger partial charge in [-0.05, 0) is 49.7 Å². The second-order valence-electron chi connectivity index (χ2n) is 4.11. The normalized spacial score (nSPS) is 10.6. The Hall–Kier alpha value is -2.10. The Kier molecular flexibility index (Phi) is 3.19. The molecule has 4 heteroatoms. The first-order valence-electron chi connectivity index (χ1n) is 5.74. The molecule has 0 aliphatic carbocycles. The lowest BCUT2D eigenvalue weighted by Gasteiger charge is -2.11. The highest BCUT2D eigenvalue weighted by Crippen LogP contribution is 2.26. The van der Waals surface area contributed by atoms with Crippen LogP contribution in [0.2, 0.25) is 0 Å². The minimum absolute atomic E-state index is 0.247. The van der Waals surface area contributed by atoms with Gasteiger partial charge in [-0.3, -0.25) is 0 Å². The molecule has 0 saturated carbocycles. The molecule has 0 aliphatic rings. The molecule has 0 bridgehead atoms. The number of rotatable bonds is 3. The van der Waals surface area contributed by atoms with Gasteiger partial charge in [-0.15, -0.1) is 0 Å². The fourth-order valence-electron chi connectivity index (χ4n) is 2.14. The zero-order valence-electron chi connectivity index (χ0n) is 10.3. The molecule has 2 rings (SSSR count). The van der Waals surface area contributed by atoms with Crippen molar-refractivity contribution in [2.75, 3.05) is 0 Å². The molecule has 0 saturated heterocycles. The van der Waals surface area contributed by atoms with Gasteiger partial charge in [0.05, 0.1) is 0 Å². The van der Waals surface area contributed by atoms with Crippen molar-refractivity contribution in [2.24, 2.45) is 0 Å². The molecular weight excluding hydrogens is 233 g/mol. The number of hydrogen-bond donors (Lipinski definition) is 1. The molecule has 1 aromatic carbocycles. The van der Waals surface area contributed by atoms with Crippen LogP contribution in [0.15, 0.2) is 30.3 Å². The lowest BCUT2D eigenvalue weighted by molar-refractivity contribution is 0.0685. The van der Waals surface area contributed by atoms with E-state index in [4.69, 9.17) is 5.11 Å². The van der Waals surface area contributed by atoms with Crippen LogP contribution >= 0.6 is 0 Å². The SMILES string of the molecule is CCn1c(C(=O)O)ccc1-c1ccc(F)cc1C. The predicted octanol–water partition coefficient (Wildman–Crippen LogP) is 3.32. The first kappa shape index (κ1) is 12.4. The summed E-state index contributed by atoms with van der Waals surface area (Å²) in [6.45, 7) is 4.25. The Morgan fingerprint density at radius 1 is 1.33 bits per heavy atom. The van der Waals surface area contributed by atoms with E-state index < -0.39 is 5.97 Å². The van der Waals surface area contributed by atoms with Gasteiger partial charge in [-0.1, -0.05) is 0 Å². The molecule has 1 aromatic heterocycles. The zero-order chi connectivity index (χ0) is 13.3. The summed E-state index contributed by atoms with van der Waals surface area (Å²) in [5, 5.41) is 9.09. The van der Waals surface area contributed by atoms with Crippen molar-refractivity contribution in [3.8, 4) is 11.3 Å². The van der Waals surface area contributed by atoms with E-state index in [9.17, 15) is 9.18 Å². The maximum Gasteiger partial charge on any atom is 0.352 e. The van der Waals surface area contributed by atoms with Gasteiger partial charge in [0.15, 0.2) is 0 Å². The van der Waals surface area contributed by atoms with Gasteiger partial charge in [0, 0.05) is 17.8 Å². The number of halogens is 1. The minimum Gasteiger partial charge on any atom is -0.477 e. The molecule has 0 unspecified atom stereocenters. The second-order valence-corrected chi connectivity index (χ2v) is 4.11. The van der Waals surface area contributed by atoms with Crippen LogP contribution in [0.3, 0.4) is 0 Å². The molecular formula is C14H14FNO2. The van der Waals surface area contributed by atoms with Crippen LogP contribution in [0.4, 0.5) is 4.39 Å². The third-order valence-electron chi connectivity index (χ3n) is 2.98. The number of carboxylic acids is 1. The van der Waals surface area contributed by atoms with Crippen molar-refractivity contribution in [1.82, 2.24) is 4.57 Å². The summed E-state index contributed by atoms with van der Waals surface area (Å²) in [4.78, 5) is 11.1. The Labute approximate surface area is 104 Å². The van der Waals surface area contributed by atoms with Gasteiger partial charge in [0.25, 0.3) is 0 Å². The van der Waals surface area contributed by atoms with E-state index in [2.05, 4.69) is 0 Å². The van der Waals surface area contributed by atoms with Crippen molar-refractivity contribution in [3.05, 3.63) is 47.4 Å². The molecule has 0 amide bonds. The van der Waals surface area contributed by atoms with Crippen LogP contribution in [0.25, 0.3) is 11.3 Å². The van der Waals surface area contributed by atoms with Crippen molar-refractivity contribution < 1.29 is 14.3 Å². The maximum absolute atomic E-state index is 13.1. The Morgan fingerprint density at radius 3 is 2.61 bits per heavy atom. The number of aromatic nitrogens is 1. The number of hydrogen-bond acceptors (Lipinski definition) is 1. The van der Waals surface area contributed by atoms with Crippen LogP contribution in [0.1, 0.15) is 23.0 Å². The van der Waals surface area contributed by atoms with Gasteiger partial charge in [-0.25, -0.2) is 9.18 Å². The third-order valence-corrected chi connectivity index (χ3v) is 2.98. The molecule has 0 atom stereocenters. The van der Waals surface area contributed by atoms with Gasteiger partial charge in [0.1, 0.15) is 11.5 Å². The average molecular weight is 247 g/mol. The molecule has 3 nitrogen and oxygen atoms in total. The van der Waals surface area contributed by atoms with Gasteiger partial charge in [0.2, 0.25) is 0 Å². The maximum atomic E-state index is 13.1. The monoisotopic (exact) mass is 247 g/mol. The highest BCUT2D eigenvalue weighted by Gasteiger charge is 2.15. The molecule has 0 aliphatic heterocycles. The smallest absolute Gasteiger partial charge is 0.352 e. The summed E-state index contributed by atoms with van der Waals surface area (Å²) < 4.78 is 14.8. The van der Waals surface area contributed by atoms with Crippen LogP contribution in [-0.4, -0.2) is 15.6 Å². The Balaban J connectivity index is 2.60. The number of carboxylic acid groups (broad SMARTS) is 1. The zero-order valence-corrected chi connectivity index (χ0v) is 10.3. The van der Waals surface area contributed by atoms with E-state index in [-0.39, 0.29) is 11.5 Å². The lowest BCUT2D eigenvalue weighted by atomic mass is 10.1. The molecule has 1 heterocycles. The topological polar surface area (TPSA) is 42.2 Å². The highest BCUT2D eigenvalue weighted by atomic mass is 19.1. The predicted molar refractivity (Wildman–Crippen MR) is 67.2 cm³/mol. The first-order valence-corrected chi connectivity index (χ1v) is 5.74. The van der Waals surface area contributed by atoms with E-state index in [0.717, 1.165) is 16.8 Å². The van der Waals surface area contributed by atoms with Crippen molar-refractivity contribution in [2.45, 2.75) is 20.4 Å². The summed E-state index contributed by atoms with van der Waals surface area (Å²) in [6, 6.07) is 7.84.